The van der Waals surface area contributed by atoms with Crippen molar-refractivity contribution in [2.75, 3.05) is 6.61 Å². The number of rotatable bonds is 3. The zero-order valence-corrected chi connectivity index (χ0v) is 7.92. The molecule has 1 heterocycles. The van der Waals surface area contributed by atoms with Crippen molar-refractivity contribution in [1.29, 1.82) is 0 Å². The minimum atomic E-state index is -4.29. The van der Waals surface area contributed by atoms with Gasteiger partial charge in [0.05, 0.1) is 0 Å². The molecule has 1 aliphatic carbocycles. The minimum absolute atomic E-state index is 0.240. The van der Waals surface area contributed by atoms with Crippen molar-refractivity contribution < 1.29 is 17.9 Å². The average Bonchev–Trinajstić information content (AvgIpc) is 2.97. The minimum Gasteiger partial charge on any atom is -0.484 e. The number of hydrogen-bond donors (Lipinski definition) is 0. The highest BCUT2D eigenvalue weighted by molar-refractivity contribution is 5.26. The number of aromatic nitrogens is 1. The molecule has 0 bridgehead atoms. The van der Waals surface area contributed by atoms with E-state index in [0.717, 1.165) is 18.5 Å². The third kappa shape index (κ3) is 3.11. The zero-order valence-electron chi connectivity index (χ0n) is 7.92. The third-order valence-electron chi connectivity index (χ3n) is 2.15. The van der Waals surface area contributed by atoms with Crippen molar-refractivity contribution in [2.24, 2.45) is 0 Å². The molecule has 82 valence electrons. The van der Waals surface area contributed by atoms with Gasteiger partial charge in [0, 0.05) is 23.9 Å². The molecular formula is C10H10F3NO. The van der Waals surface area contributed by atoms with Crippen molar-refractivity contribution in [3.8, 4) is 5.75 Å². The van der Waals surface area contributed by atoms with E-state index in [0.29, 0.717) is 5.92 Å². The van der Waals surface area contributed by atoms with Crippen LogP contribution in [0.2, 0.25) is 0 Å². The van der Waals surface area contributed by atoms with Gasteiger partial charge in [0.25, 0.3) is 0 Å². The van der Waals surface area contributed by atoms with Crippen molar-refractivity contribution in [3.63, 3.8) is 0 Å². The summed E-state index contributed by atoms with van der Waals surface area (Å²) in [4.78, 5) is 4.08. The maximum Gasteiger partial charge on any atom is 0.422 e. The second kappa shape index (κ2) is 3.72. The first-order valence-corrected chi connectivity index (χ1v) is 4.70. The van der Waals surface area contributed by atoms with Crippen LogP contribution in [0.1, 0.15) is 24.5 Å². The predicted molar refractivity (Wildman–Crippen MR) is 47.8 cm³/mol. The van der Waals surface area contributed by atoms with E-state index in [1.54, 1.807) is 6.07 Å². The molecule has 0 amide bonds. The Morgan fingerprint density at radius 3 is 2.73 bits per heavy atom. The third-order valence-corrected chi connectivity index (χ3v) is 2.15. The lowest BCUT2D eigenvalue weighted by Gasteiger charge is -2.09. The van der Waals surface area contributed by atoms with E-state index < -0.39 is 12.8 Å². The monoisotopic (exact) mass is 217 g/mol. The van der Waals surface area contributed by atoms with E-state index in [9.17, 15) is 13.2 Å². The second-order valence-corrected chi connectivity index (χ2v) is 3.59. The molecule has 0 aliphatic heterocycles. The highest BCUT2D eigenvalue weighted by Crippen LogP contribution is 2.39. The maximum atomic E-state index is 11.9. The molecule has 0 spiro atoms. The lowest BCUT2D eigenvalue weighted by Crippen LogP contribution is -2.19. The number of nitrogens with zero attached hydrogens (tertiary/aromatic N) is 1. The molecule has 1 aromatic heterocycles. The summed E-state index contributed by atoms with van der Waals surface area (Å²) in [6.45, 7) is -1.25. The topological polar surface area (TPSA) is 22.1 Å². The van der Waals surface area contributed by atoms with E-state index in [4.69, 9.17) is 0 Å². The molecule has 1 fully saturated rings. The molecule has 0 radical (unpaired) electrons. The van der Waals surface area contributed by atoms with Crippen LogP contribution in [0.5, 0.6) is 5.75 Å². The Bertz CT molecular complexity index is 347. The average molecular weight is 217 g/mol. The van der Waals surface area contributed by atoms with Crippen LogP contribution in [-0.4, -0.2) is 17.8 Å². The van der Waals surface area contributed by atoms with E-state index in [1.807, 2.05) is 0 Å². The van der Waals surface area contributed by atoms with E-state index in [2.05, 4.69) is 9.72 Å². The fourth-order valence-electron chi connectivity index (χ4n) is 1.29. The maximum absolute atomic E-state index is 11.9. The predicted octanol–water partition coefficient (Wildman–Crippen LogP) is 2.90. The number of ether oxygens (including phenoxy) is 1. The Kier molecular flexibility index (Phi) is 2.54. The van der Waals surface area contributed by atoms with Gasteiger partial charge < -0.3 is 4.74 Å². The van der Waals surface area contributed by atoms with Crippen LogP contribution >= 0.6 is 0 Å². The first kappa shape index (κ1) is 10.3. The van der Waals surface area contributed by atoms with Crippen molar-refractivity contribution in [2.45, 2.75) is 24.9 Å². The van der Waals surface area contributed by atoms with Gasteiger partial charge in [0.15, 0.2) is 6.61 Å². The normalized spacial score (nSPS) is 16.5. The summed E-state index contributed by atoms with van der Waals surface area (Å²) in [6, 6.07) is 3.03. The molecule has 1 saturated carbocycles. The number of pyridine rings is 1. The summed E-state index contributed by atoms with van der Waals surface area (Å²) in [7, 11) is 0. The second-order valence-electron chi connectivity index (χ2n) is 3.59. The summed E-state index contributed by atoms with van der Waals surface area (Å²) in [5.74, 6) is 0.656. The molecule has 0 N–H and O–H groups in total. The van der Waals surface area contributed by atoms with Gasteiger partial charge in [0.1, 0.15) is 5.75 Å². The van der Waals surface area contributed by atoms with E-state index in [-0.39, 0.29) is 5.75 Å². The summed E-state index contributed by atoms with van der Waals surface area (Å²) >= 11 is 0. The van der Waals surface area contributed by atoms with Gasteiger partial charge in [-0.1, -0.05) is 0 Å². The van der Waals surface area contributed by atoms with Crippen LogP contribution in [0.15, 0.2) is 18.3 Å². The molecule has 0 unspecified atom stereocenters. The summed E-state index contributed by atoms with van der Waals surface area (Å²) in [6.07, 6.45) is -0.673. The highest BCUT2D eigenvalue weighted by Gasteiger charge is 2.29. The first-order chi connectivity index (χ1) is 7.04. The van der Waals surface area contributed by atoms with E-state index in [1.165, 1.54) is 12.3 Å². The fraction of sp³-hybridized carbons (Fsp3) is 0.500. The summed E-state index contributed by atoms with van der Waals surface area (Å²) in [5, 5.41) is 0. The molecule has 0 aromatic carbocycles. The smallest absolute Gasteiger partial charge is 0.422 e. The van der Waals surface area contributed by atoms with Gasteiger partial charge in [-0.05, 0) is 18.9 Å². The molecule has 2 nitrogen and oxygen atoms in total. The van der Waals surface area contributed by atoms with Crippen LogP contribution in [0, 0.1) is 0 Å². The van der Waals surface area contributed by atoms with Gasteiger partial charge in [0.2, 0.25) is 0 Å². The van der Waals surface area contributed by atoms with Crippen LogP contribution < -0.4 is 4.74 Å². The van der Waals surface area contributed by atoms with Crippen molar-refractivity contribution in [1.82, 2.24) is 4.98 Å². The Morgan fingerprint density at radius 2 is 2.13 bits per heavy atom. The molecule has 5 heteroatoms. The quantitative estimate of drug-likeness (QED) is 0.776. The Balaban J connectivity index is 1.99. The molecule has 2 rings (SSSR count). The van der Waals surface area contributed by atoms with Crippen molar-refractivity contribution >= 4 is 0 Å². The fourth-order valence-corrected chi connectivity index (χ4v) is 1.29. The number of alkyl halides is 3. The lowest BCUT2D eigenvalue weighted by molar-refractivity contribution is -0.153. The Hall–Kier alpha value is -1.26. The Labute approximate surface area is 85.1 Å². The first-order valence-electron chi connectivity index (χ1n) is 4.70. The zero-order chi connectivity index (χ0) is 10.9. The van der Waals surface area contributed by atoms with Crippen LogP contribution in [-0.2, 0) is 0 Å². The van der Waals surface area contributed by atoms with Gasteiger partial charge in [-0.3, -0.25) is 4.98 Å². The lowest BCUT2D eigenvalue weighted by atomic mass is 10.2. The standard InChI is InChI=1S/C10H10F3NO/c11-10(12,13)6-15-8-3-4-14-9(5-8)7-1-2-7/h3-5,7H,1-2,6H2. The summed E-state index contributed by atoms with van der Waals surface area (Å²) < 4.78 is 40.2. The number of hydrogen-bond acceptors (Lipinski definition) is 2. The number of halogens is 3. The SMILES string of the molecule is FC(F)(F)COc1ccnc(C2CC2)c1. The molecule has 0 atom stereocenters. The largest absolute Gasteiger partial charge is 0.484 e. The van der Waals surface area contributed by atoms with Crippen LogP contribution in [0.25, 0.3) is 0 Å². The van der Waals surface area contributed by atoms with Crippen LogP contribution in [0.3, 0.4) is 0 Å². The molecule has 1 aromatic rings. The van der Waals surface area contributed by atoms with E-state index >= 15 is 0 Å². The van der Waals surface area contributed by atoms with Crippen molar-refractivity contribution in [3.05, 3.63) is 24.0 Å². The Morgan fingerprint density at radius 1 is 1.40 bits per heavy atom. The highest BCUT2D eigenvalue weighted by atomic mass is 19.4. The molecular weight excluding hydrogens is 207 g/mol. The summed E-state index contributed by atoms with van der Waals surface area (Å²) in [5.41, 5.74) is 0.828. The van der Waals surface area contributed by atoms with Gasteiger partial charge in [-0.2, -0.15) is 13.2 Å². The molecule has 1 aliphatic rings. The van der Waals surface area contributed by atoms with Gasteiger partial charge in [-0.15, -0.1) is 0 Å². The van der Waals surface area contributed by atoms with Gasteiger partial charge >= 0.3 is 6.18 Å². The molecule has 15 heavy (non-hydrogen) atoms. The molecule has 0 saturated heterocycles. The van der Waals surface area contributed by atoms with Crippen LogP contribution in [0.4, 0.5) is 13.2 Å². The van der Waals surface area contributed by atoms with Gasteiger partial charge in [-0.25, -0.2) is 0 Å².